The first-order valence-corrected chi connectivity index (χ1v) is 7.46. The van der Waals surface area contributed by atoms with E-state index in [9.17, 15) is 0 Å². The van der Waals surface area contributed by atoms with E-state index in [1.54, 1.807) is 0 Å². The first-order chi connectivity index (χ1) is 9.22. The molecule has 1 fully saturated rings. The standard InChI is InChI=1S/C15H21ClN2O/c1-18-5-2-14(3-6-18)17-10-12-9-13(16)8-11-4-7-19-15(11)12/h8-9,14,17H,2-7,10H2,1H3. The highest BCUT2D eigenvalue weighted by molar-refractivity contribution is 6.30. The molecule has 0 amide bonds. The van der Waals surface area contributed by atoms with Crippen LogP contribution in [0.3, 0.4) is 0 Å². The molecule has 1 aromatic carbocycles. The van der Waals surface area contributed by atoms with Crippen molar-refractivity contribution < 1.29 is 4.74 Å². The van der Waals surface area contributed by atoms with Crippen molar-refractivity contribution in [2.45, 2.75) is 31.8 Å². The van der Waals surface area contributed by atoms with E-state index in [1.807, 2.05) is 12.1 Å². The third-order valence-electron chi connectivity index (χ3n) is 4.13. The lowest BCUT2D eigenvalue weighted by atomic mass is 10.0. The van der Waals surface area contributed by atoms with E-state index in [0.717, 1.165) is 30.3 Å². The van der Waals surface area contributed by atoms with Crippen molar-refractivity contribution in [2.75, 3.05) is 26.7 Å². The first kappa shape index (κ1) is 13.2. The molecule has 0 saturated carbocycles. The van der Waals surface area contributed by atoms with E-state index >= 15 is 0 Å². The molecule has 19 heavy (non-hydrogen) atoms. The Bertz CT molecular complexity index is 456. The van der Waals surface area contributed by atoms with Crippen LogP contribution in [0.5, 0.6) is 5.75 Å². The van der Waals surface area contributed by atoms with Gasteiger partial charge in [-0.2, -0.15) is 0 Å². The predicted octanol–water partition coefficient (Wildman–Crippen LogP) is 2.46. The molecule has 3 rings (SSSR count). The van der Waals surface area contributed by atoms with Crippen LogP contribution in [-0.4, -0.2) is 37.7 Å². The Morgan fingerprint density at radius 2 is 2.16 bits per heavy atom. The molecule has 1 saturated heterocycles. The predicted molar refractivity (Wildman–Crippen MR) is 78.0 cm³/mol. The van der Waals surface area contributed by atoms with E-state index in [2.05, 4.69) is 17.3 Å². The highest BCUT2D eigenvalue weighted by Gasteiger charge is 2.20. The Balaban J connectivity index is 1.64. The molecule has 4 heteroatoms. The number of ether oxygens (including phenoxy) is 1. The van der Waals surface area contributed by atoms with Gasteiger partial charge in [-0.05, 0) is 50.7 Å². The fraction of sp³-hybridized carbons (Fsp3) is 0.600. The summed E-state index contributed by atoms with van der Waals surface area (Å²) in [6.45, 7) is 4.01. The number of rotatable bonds is 3. The Hall–Kier alpha value is -0.770. The maximum Gasteiger partial charge on any atom is 0.127 e. The van der Waals surface area contributed by atoms with Gasteiger partial charge in [-0.15, -0.1) is 0 Å². The monoisotopic (exact) mass is 280 g/mol. The first-order valence-electron chi connectivity index (χ1n) is 7.08. The van der Waals surface area contributed by atoms with Crippen molar-refractivity contribution in [3.8, 4) is 5.75 Å². The molecular weight excluding hydrogens is 260 g/mol. The van der Waals surface area contributed by atoms with Gasteiger partial charge in [0.2, 0.25) is 0 Å². The number of fused-ring (bicyclic) bond motifs is 1. The third-order valence-corrected chi connectivity index (χ3v) is 4.34. The second kappa shape index (κ2) is 5.70. The highest BCUT2D eigenvalue weighted by Crippen LogP contribution is 2.32. The average Bonchev–Trinajstić information content (AvgIpc) is 2.85. The summed E-state index contributed by atoms with van der Waals surface area (Å²) in [4.78, 5) is 2.39. The van der Waals surface area contributed by atoms with Crippen LogP contribution in [0, 0.1) is 0 Å². The molecule has 2 aliphatic heterocycles. The summed E-state index contributed by atoms with van der Waals surface area (Å²) in [5, 5.41) is 4.47. The molecule has 1 N–H and O–H groups in total. The Kier molecular flexibility index (Phi) is 3.96. The van der Waals surface area contributed by atoms with Crippen molar-refractivity contribution in [2.24, 2.45) is 0 Å². The number of halogens is 1. The second-order valence-corrected chi connectivity index (χ2v) is 6.05. The van der Waals surface area contributed by atoms with Crippen LogP contribution in [0.25, 0.3) is 0 Å². The van der Waals surface area contributed by atoms with E-state index in [0.29, 0.717) is 6.04 Å². The van der Waals surface area contributed by atoms with Gasteiger partial charge >= 0.3 is 0 Å². The normalized spacial score (nSPS) is 20.3. The zero-order valence-electron chi connectivity index (χ0n) is 11.4. The molecule has 0 aliphatic carbocycles. The molecule has 1 aromatic rings. The fourth-order valence-corrected chi connectivity index (χ4v) is 3.21. The van der Waals surface area contributed by atoms with Crippen LogP contribution < -0.4 is 10.1 Å². The van der Waals surface area contributed by atoms with E-state index < -0.39 is 0 Å². The lowest BCUT2D eigenvalue weighted by Gasteiger charge is -2.29. The summed E-state index contributed by atoms with van der Waals surface area (Å²) in [6, 6.07) is 4.68. The van der Waals surface area contributed by atoms with Crippen molar-refractivity contribution >= 4 is 11.6 Å². The molecule has 2 aliphatic rings. The molecule has 0 atom stereocenters. The number of nitrogens with one attached hydrogen (secondary N) is 1. The minimum absolute atomic E-state index is 0.618. The minimum Gasteiger partial charge on any atom is -0.493 e. The van der Waals surface area contributed by atoms with Gasteiger partial charge in [0.1, 0.15) is 5.75 Å². The third kappa shape index (κ3) is 3.04. The number of hydrogen-bond acceptors (Lipinski definition) is 3. The summed E-state index contributed by atoms with van der Waals surface area (Å²) in [7, 11) is 2.19. The van der Waals surface area contributed by atoms with Crippen LogP contribution in [0.2, 0.25) is 5.02 Å². The zero-order valence-corrected chi connectivity index (χ0v) is 12.2. The molecule has 0 radical (unpaired) electrons. The molecule has 104 valence electrons. The quantitative estimate of drug-likeness (QED) is 0.921. The van der Waals surface area contributed by atoms with Crippen LogP contribution in [0.15, 0.2) is 12.1 Å². The number of likely N-dealkylation sites (tertiary alicyclic amines) is 1. The van der Waals surface area contributed by atoms with Crippen LogP contribution in [0.4, 0.5) is 0 Å². The number of piperidine rings is 1. The SMILES string of the molecule is CN1CCC(NCc2cc(Cl)cc3c2OCC3)CC1. The average molecular weight is 281 g/mol. The summed E-state index contributed by atoms with van der Waals surface area (Å²) in [5.41, 5.74) is 2.46. The zero-order chi connectivity index (χ0) is 13.2. The van der Waals surface area contributed by atoms with Crippen LogP contribution >= 0.6 is 11.6 Å². The van der Waals surface area contributed by atoms with E-state index in [-0.39, 0.29) is 0 Å². The fourth-order valence-electron chi connectivity index (χ4n) is 2.94. The van der Waals surface area contributed by atoms with Crippen LogP contribution in [0.1, 0.15) is 24.0 Å². The van der Waals surface area contributed by atoms with Gasteiger partial charge in [0, 0.05) is 29.6 Å². The van der Waals surface area contributed by atoms with Gasteiger partial charge < -0.3 is 15.0 Å². The van der Waals surface area contributed by atoms with Gasteiger partial charge in [0.05, 0.1) is 6.61 Å². The maximum absolute atomic E-state index is 6.18. The van der Waals surface area contributed by atoms with Crippen molar-refractivity contribution in [3.05, 3.63) is 28.3 Å². The van der Waals surface area contributed by atoms with Crippen LogP contribution in [-0.2, 0) is 13.0 Å². The Morgan fingerprint density at radius 1 is 1.37 bits per heavy atom. The second-order valence-electron chi connectivity index (χ2n) is 5.61. The van der Waals surface area contributed by atoms with Gasteiger partial charge in [0.25, 0.3) is 0 Å². The summed E-state index contributed by atoms with van der Waals surface area (Å²) >= 11 is 6.18. The maximum atomic E-state index is 6.18. The molecular formula is C15H21ClN2O. The highest BCUT2D eigenvalue weighted by atomic mass is 35.5. The Morgan fingerprint density at radius 3 is 2.95 bits per heavy atom. The van der Waals surface area contributed by atoms with E-state index in [4.69, 9.17) is 16.3 Å². The number of benzene rings is 1. The van der Waals surface area contributed by atoms with Gasteiger partial charge in [-0.25, -0.2) is 0 Å². The van der Waals surface area contributed by atoms with Crippen molar-refractivity contribution in [3.63, 3.8) is 0 Å². The molecule has 0 unspecified atom stereocenters. The molecule has 0 aromatic heterocycles. The lowest BCUT2D eigenvalue weighted by molar-refractivity contribution is 0.233. The number of nitrogens with zero attached hydrogens (tertiary/aromatic N) is 1. The summed E-state index contributed by atoms with van der Waals surface area (Å²) in [6.07, 6.45) is 3.43. The molecule has 0 spiro atoms. The summed E-state index contributed by atoms with van der Waals surface area (Å²) in [5.74, 6) is 1.06. The lowest BCUT2D eigenvalue weighted by Crippen LogP contribution is -2.40. The number of hydrogen-bond donors (Lipinski definition) is 1. The Labute approximate surface area is 119 Å². The van der Waals surface area contributed by atoms with Crippen molar-refractivity contribution in [1.82, 2.24) is 10.2 Å². The smallest absolute Gasteiger partial charge is 0.127 e. The van der Waals surface area contributed by atoms with Gasteiger partial charge in [-0.3, -0.25) is 0 Å². The van der Waals surface area contributed by atoms with Crippen molar-refractivity contribution in [1.29, 1.82) is 0 Å². The largest absolute Gasteiger partial charge is 0.493 e. The topological polar surface area (TPSA) is 24.5 Å². The minimum atomic E-state index is 0.618. The molecule has 0 bridgehead atoms. The molecule has 2 heterocycles. The van der Waals surface area contributed by atoms with Gasteiger partial charge in [0.15, 0.2) is 0 Å². The summed E-state index contributed by atoms with van der Waals surface area (Å²) < 4.78 is 5.73. The van der Waals surface area contributed by atoms with E-state index in [1.165, 1.54) is 37.1 Å². The van der Waals surface area contributed by atoms with Gasteiger partial charge in [-0.1, -0.05) is 11.6 Å². The molecule has 3 nitrogen and oxygen atoms in total.